The highest BCUT2D eigenvalue weighted by atomic mass is 79.9. The minimum atomic E-state index is -4.06. The number of nitrogens with zero attached hydrogens (tertiary/aromatic N) is 5. The Bertz CT molecular complexity index is 1190. The first-order valence-electron chi connectivity index (χ1n) is 8.18. The van der Waals surface area contributed by atoms with Crippen LogP contribution >= 0.6 is 15.9 Å². The van der Waals surface area contributed by atoms with E-state index in [0.29, 0.717) is 16.9 Å². The topological polar surface area (TPSA) is 110 Å². The summed E-state index contributed by atoms with van der Waals surface area (Å²) in [5.41, 5.74) is 1.37. The third kappa shape index (κ3) is 3.76. The summed E-state index contributed by atoms with van der Waals surface area (Å²) in [6.45, 7) is 3.27. The monoisotopic (exact) mass is 465 g/mol. The van der Waals surface area contributed by atoms with Crippen LogP contribution in [0.25, 0.3) is 5.65 Å². The fourth-order valence-corrected chi connectivity index (χ4v) is 4.42. The zero-order valence-electron chi connectivity index (χ0n) is 15.0. The van der Waals surface area contributed by atoms with Gasteiger partial charge in [-0.1, -0.05) is 6.07 Å². The summed E-state index contributed by atoms with van der Waals surface area (Å²) in [5, 5.41) is 15.1. The molecule has 2 aromatic heterocycles. The second kappa shape index (κ2) is 7.68. The van der Waals surface area contributed by atoms with Crippen LogP contribution in [0.5, 0.6) is 0 Å². The lowest BCUT2D eigenvalue weighted by Gasteiger charge is -2.18. The van der Waals surface area contributed by atoms with Gasteiger partial charge in [0, 0.05) is 22.8 Å². The quantitative estimate of drug-likeness (QED) is 0.314. The van der Waals surface area contributed by atoms with Crippen molar-refractivity contribution in [3.8, 4) is 0 Å². The Morgan fingerprint density at radius 3 is 2.79 bits per heavy atom. The van der Waals surface area contributed by atoms with Gasteiger partial charge in [0.05, 0.1) is 34.5 Å². The average Bonchev–Trinajstić information content (AvgIpc) is 3.04. The van der Waals surface area contributed by atoms with E-state index in [4.69, 9.17) is 0 Å². The van der Waals surface area contributed by atoms with Gasteiger partial charge in [0.2, 0.25) is 0 Å². The second-order valence-electron chi connectivity index (χ2n) is 5.85. The van der Waals surface area contributed by atoms with E-state index in [0.717, 1.165) is 15.0 Å². The maximum absolute atomic E-state index is 13.0. The number of sulfonamides is 1. The molecule has 0 fully saturated rings. The number of hydrogen-bond donors (Lipinski definition) is 0. The number of hydrazone groups is 1. The lowest BCUT2D eigenvalue weighted by molar-refractivity contribution is -0.385. The van der Waals surface area contributed by atoms with Crippen molar-refractivity contribution in [1.29, 1.82) is 0 Å². The Labute approximate surface area is 169 Å². The molecule has 0 radical (unpaired) electrons. The molecule has 0 bridgehead atoms. The zero-order valence-corrected chi connectivity index (χ0v) is 17.4. The number of fused-ring (bicyclic) bond motifs is 1. The molecule has 0 spiro atoms. The standard InChI is InChI=1S/C17H16BrN5O4S/c1-3-22(20-10-15-9-19-17-7-5-13(18)11-21(15)17)28(26,27)16-8-14(23(24)25)6-4-12(16)2/h4-11H,3H2,1-2H3/b20-10+. The predicted molar refractivity (Wildman–Crippen MR) is 108 cm³/mol. The van der Waals surface area contributed by atoms with Gasteiger partial charge in [-0.3, -0.25) is 14.5 Å². The van der Waals surface area contributed by atoms with Crippen molar-refractivity contribution in [2.45, 2.75) is 18.7 Å². The summed E-state index contributed by atoms with van der Waals surface area (Å²) < 4.78 is 29.5. The van der Waals surface area contributed by atoms with Crippen molar-refractivity contribution >= 4 is 43.5 Å². The van der Waals surface area contributed by atoms with E-state index >= 15 is 0 Å². The van der Waals surface area contributed by atoms with E-state index in [1.165, 1.54) is 18.3 Å². The molecular weight excluding hydrogens is 450 g/mol. The Balaban J connectivity index is 2.00. The van der Waals surface area contributed by atoms with Crippen LogP contribution in [0.3, 0.4) is 0 Å². The molecule has 0 saturated carbocycles. The molecule has 0 aliphatic carbocycles. The highest BCUT2D eigenvalue weighted by Gasteiger charge is 2.26. The van der Waals surface area contributed by atoms with Crippen LogP contribution in [-0.4, -0.2) is 39.9 Å². The number of pyridine rings is 1. The summed E-state index contributed by atoms with van der Waals surface area (Å²) in [6, 6.07) is 7.38. The fourth-order valence-electron chi connectivity index (χ4n) is 2.60. The van der Waals surface area contributed by atoms with Gasteiger partial charge in [-0.05, 0) is 47.5 Å². The molecule has 28 heavy (non-hydrogen) atoms. The number of benzene rings is 1. The predicted octanol–water partition coefficient (Wildman–Crippen LogP) is 3.36. The van der Waals surface area contributed by atoms with Crippen molar-refractivity contribution in [3.05, 3.63) is 68.6 Å². The van der Waals surface area contributed by atoms with E-state index < -0.39 is 14.9 Å². The van der Waals surface area contributed by atoms with Crippen LogP contribution in [0.4, 0.5) is 5.69 Å². The molecule has 11 heteroatoms. The number of nitro benzene ring substituents is 1. The summed E-state index contributed by atoms with van der Waals surface area (Å²) in [4.78, 5) is 14.5. The number of imidazole rings is 1. The molecule has 0 saturated heterocycles. The summed E-state index contributed by atoms with van der Waals surface area (Å²) in [5.74, 6) is 0. The first-order valence-corrected chi connectivity index (χ1v) is 10.4. The first kappa shape index (κ1) is 20.0. The van der Waals surface area contributed by atoms with Crippen LogP contribution in [0.1, 0.15) is 18.2 Å². The zero-order chi connectivity index (χ0) is 20.5. The van der Waals surface area contributed by atoms with Crippen LogP contribution in [-0.2, 0) is 10.0 Å². The van der Waals surface area contributed by atoms with Gasteiger partial charge >= 0.3 is 0 Å². The van der Waals surface area contributed by atoms with E-state index in [2.05, 4.69) is 26.0 Å². The maximum Gasteiger partial charge on any atom is 0.279 e. The third-order valence-corrected chi connectivity index (χ3v) is 6.40. The summed E-state index contributed by atoms with van der Waals surface area (Å²) in [7, 11) is -4.06. The lowest BCUT2D eigenvalue weighted by atomic mass is 10.2. The molecule has 146 valence electrons. The van der Waals surface area contributed by atoms with Gasteiger partial charge in [0.15, 0.2) is 0 Å². The molecule has 2 heterocycles. The van der Waals surface area contributed by atoms with E-state index in [-0.39, 0.29) is 17.1 Å². The number of hydrogen-bond acceptors (Lipinski definition) is 6. The SMILES string of the molecule is CCN(/N=C/c1cnc2ccc(Br)cn12)S(=O)(=O)c1cc([N+](=O)[O-])ccc1C. The Kier molecular flexibility index (Phi) is 5.47. The Hall–Kier alpha value is -2.79. The maximum atomic E-state index is 13.0. The smallest absolute Gasteiger partial charge is 0.279 e. The van der Waals surface area contributed by atoms with E-state index in [1.807, 2.05) is 12.1 Å². The molecule has 0 atom stereocenters. The Morgan fingerprint density at radius 2 is 2.11 bits per heavy atom. The molecule has 0 aliphatic heterocycles. The third-order valence-electron chi connectivity index (χ3n) is 4.03. The number of nitro groups is 1. The highest BCUT2D eigenvalue weighted by Crippen LogP contribution is 2.25. The fraction of sp³-hybridized carbons (Fsp3) is 0.176. The van der Waals surface area contributed by atoms with Gasteiger partial charge in [-0.2, -0.15) is 17.9 Å². The molecule has 3 aromatic rings. The molecular formula is C17H16BrN5O4S. The molecule has 0 unspecified atom stereocenters. The molecule has 3 rings (SSSR count). The van der Waals surface area contributed by atoms with Crippen molar-refractivity contribution < 1.29 is 13.3 Å². The number of aryl methyl sites for hydroxylation is 1. The first-order chi connectivity index (χ1) is 13.2. The van der Waals surface area contributed by atoms with Crippen LogP contribution in [0.15, 0.2) is 57.2 Å². The van der Waals surface area contributed by atoms with Gasteiger partial charge in [-0.15, -0.1) is 0 Å². The van der Waals surface area contributed by atoms with Crippen molar-refractivity contribution in [2.24, 2.45) is 5.10 Å². The molecule has 0 amide bonds. The van der Waals surface area contributed by atoms with Crippen LogP contribution in [0.2, 0.25) is 0 Å². The Morgan fingerprint density at radius 1 is 1.36 bits per heavy atom. The number of halogens is 1. The van der Waals surface area contributed by atoms with Crippen molar-refractivity contribution in [2.75, 3.05) is 6.54 Å². The van der Waals surface area contributed by atoms with Gasteiger partial charge in [-0.25, -0.2) is 4.98 Å². The van der Waals surface area contributed by atoms with Crippen LogP contribution < -0.4 is 0 Å². The highest BCUT2D eigenvalue weighted by molar-refractivity contribution is 9.10. The molecule has 0 N–H and O–H groups in total. The van der Waals surface area contributed by atoms with Gasteiger partial charge in [0.1, 0.15) is 5.65 Å². The van der Waals surface area contributed by atoms with Gasteiger partial charge < -0.3 is 0 Å². The van der Waals surface area contributed by atoms with E-state index in [9.17, 15) is 18.5 Å². The molecule has 9 nitrogen and oxygen atoms in total. The lowest BCUT2D eigenvalue weighted by Crippen LogP contribution is -2.27. The van der Waals surface area contributed by atoms with Crippen LogP contribution in [0, 0.1) is 17.0 Å². The second-order valence-corrected chi connectivity index (χ2v) is 8.58. The summed E-state index contributed by atoms with van der Waals surface area (Å²) in [6.07, 6.45) is 4.75. The summed E-state index contributed by atoms with van der Waals surface area (Å²) >= 11 is 3.38. The van der Waals surface area contributed by atoms with Gasteiger partial charge in [0.25, 0.3) is 15.7 Å². The largest absolute Gasteiger partial charge is 0.298 e. The minimum Gasteiger partial charge on any atom is -0.298 e. The van der Waals surface area contributed by atoms with Crippen molar-refractivity contribution in [1.82, 2.24) is 13.8 Å². The number of aromatic nitrogens is 2. The number of rotatable bonds is 6. The number of non-ortho nitro benzene ring substituents is 1. The average molecular weight is 466 g/mol. The minimum absolute atomic E-state index is 0.0569. The normalized spacial score (nSPS) is 12.0. The molecule has 1 aromatic carbocycles. The molecule has 0 aliphatic rings. The van der Waals surface area contributed by atoms with E-state index in [1.54, 1.807) is 30.6 Å². The van der Waals surface area contributed by atoms with Crippen molar-refractivity contribution in [3.63, 3.8) is 0 Å².